The molecule has 1 saturated carbocycles. The zero-order valence-corrected chi connectivity index (χ0v) is 7.43. The molecule has 2 N–H and O–H groups in total. The second-order valence-electron chi connectivity index (χ2n) is 4.21. The quantitative estimate of drug-likeness (QED) is 0.617. The lowest BCUT2D eigenvalue weighted by atomic mass is 10.2. The molecular formula is C9H18N2. The third kappa shape index (κ3) is 1.42. The Balaban J connectivity index is 1.67. The van der Waals surface area contributed by atoms with E-state index in [1.165, 1.54) is 19.6 Å². The fraction of sp³-hybridized carbons (Fsp3) is 1.00. The van der Waals surface area contributed by atoms with Gasteiger partial charge in [0.2, 0.25) is 0 Å². The van der Waals surface area contributed by atoms with Gasteiger partial charge in [0.05, 0.1) is 0 Å². The van der Waals surface area contributed by atoms with Gasteiger partial charge in [-0.2, -0.15) is 0 Å². The van der Waals surface area contributed by atoms with Crippen molar-refractivity contribution in [3.8, 4) is 0 Å². The zero-order valence-electron chi connectivity index (χ0n) is 7.43. The van der Waals surface area contributed by atoms with Crippen molar-refractivity contribution in [2.24, 2.45) is 17.8 Å². The summed E-state index contributed by atoms with van der Waals surface area (Å²) in [5.41, 5.74) is 0. The molecule has 0 aromatic carbocycles. The lowest BCUT2D eigenvalue weighted by molar-refractivity contribution is 0.503. The Bertz CT molecular complexity index is 134. The third-order valence-corrected chi connectivity index (χ3v) is 3.03. The van der Waals surface area contributed by atoms with E-state index in [4.69, 9.17) is 0 Å². The maximum atomic E-state index is 3.51. The highest BCUT2D eigenvalue weighted by Gasteiger charge is 2.51. The van der Waals surface area contributed by atoms with E-state index in [1.54, 1.807) is 0 Å². The first kappa shape index (κ1) is 7.56. The smallest absolute Gasteiger partial charge is 0.00104 e. The molecule has 2 unspecified atom stereocenters. The number of rotatable bonds is 3. The Morgan fingerprint density at radius 2 is 2.00 bits per heavy atom. The van der Waals surface area contributed by atoms with Crippen molar-refractivity contribution < 1.29 is 0 Å². The fourth-order valence-electron chi connectivity index (χ4n) is 2.22. The summed E-state index contributed by atoms with van der Waals surface area (Å²) in [6.07, 6.45) is 0. The molecule has 0 aromatic heterocycles. The van der Waals surface area contributed by atoms with Crippen LogP contribution < -0.4 is 10.6 Å². The molecule has 2 heteroatoms. The van der Waals surface area contributed by atoms with Crippen LogP contribution >= 0.6 is 0 Å². The van der Waals surface area contributed by atoms with Crippen molar-refractivity contribution in [3.63, 3.8) is 0 Å². The Morgan fingerprint density at radius 3 is 2.55 bits per heavy atom. The molecule has 1 heterocycles. The summed E-state index contributed by atoms with van der Waals surface area (Å²) in [6, 6.07) is 0.657. The van der Waals surface area contributed by atoms with Gasteiger partial charge in [0, 0.05) is 6.04 Å². The van der Waals surface area contributed by atoms with Gasteiger partial charge in [0.25, 0.3) is 0 Å². The molecule has 0 bridgehead atoms. The lowest BCUT2D eigenvalue weighted by Crippen LogP contribution is -2.28. The van der Waals surface area contributed by atoms with E-state index < -0.39 is 0 Å². The molecule has 2 nitrogen and oxygen atoms in total. The fourth-order valence-corrected chi connectivity index (χ4v) is 2.22. The Hall–Kier alpha value is -0.0800. The average molecular weight is 154 g/mol. The first-order valence-electron chi connectivity index (χ1n) is 4.73. The average Bonchev–Trinajstić information content (AvgIpc) is 2.44. The molecule has 1 aliphatic carbocycles. The normalized spacial score (nSPS) is 41.2. The summed E-state index contributed by atoms with van der Waals surface area (Å²) in [5, 5.41) is 6.92. The predicted octanol–water partition coefficient (Wildman–Crippen LogP) is 0.450. The number of piperidine rings is 1. The number of fused-ring (bicyclic) bond motifs is 1. The van der Waals surface area contributed by atoms with Crippen LogP contribution in [0.1, 0.15) is 13.8 Å². The van der Waals surface area contributed by atoms with Crippen LogP contribution in [0.5, 0.6) is 0 Å². The SMILES string of the molecule is CC(C)NCC1C2CNCC21. The van der Waals surface area contributed by atoms with Crippen molar-refractivity contribution in [2.75, 3.05) is 19.6 Å². The number of hydrogen-bond donors (Lipinski definition) is 2. The minimum atomic E-state index is 0.657. The van der Waals surface area contributed by atoms with Gasteiger partial charge < -0.3 is 10.6 Å². The maximum Gasteiger partial charge on any atom is 0.00104 e. The summed E-state index contributed by atoms with van der Waals surface area (Å²) in [6.45, 7) is 8.23. The van der Waals surface area contributed by atoms with Crippen LogP contribution in [-0.2, 0) is 0 Å². The molecule has 2 rings (SSSR count). The molecule has 0 radical (unpaired) electrons. The van der Waals surface area contributed by atoms with Gasteiger partial charge >= 0.3 is 0 Å². The number of hydrogen-bond acceptors (Lipinski definition) is 2. The van der Waals surface area contributed by atoms with Crippen LogP contribution in [0, 0.1) is 17.8 Å². The van der Waals surface area contributed by atoms with Gasteiger partial charge in [-0.15, -0.1) is 0 Å². The molecule has 0 aromatic rings. The molecule has 2 fully saturated rings. The standard InChI is InChI=1S/C9H18N2/c1-6(2)11-5-9-7-3-10-4-8(7)9/h6-11H,3-5H2,1-2H3. The summed E-state index contributed by atoms with van der Waals surface area (Å²) in [4.78, 5) is 0. The second kappa shape index (κ2) is 2.76. The molecule has 2 aliphatic rings. The molecule has 0 amide bonds. The van der Waals surface area contributed by atoms with E-state index >= 15 is 0 Å². The zero-order chi connectivity index (χ0) is 7.84. The molecule has 1 saturated heterocycles. The van der Waals surface area contributed by atoms with Gasteiger partial charge in [-0.3, -0.25) is 0 Å². The molecular weight excluding hydrogens is 136 g/mol. The first-order valence-corrected chi connectivity index (χ1v) is 4.73. The van der Waals surface area contributed by atoms with Crippen molar-refractivity contribution in [2.45, 2.75) is 19.9 Å². The second-order valence-corrected chi connectivity index (χ2v) is 4.21. The Morgan fingerprint density at radius 1 is 1.36 bits per heavy atom. The monoisotopic (exact) mass is 154 g/mol. The van der Waals surface area contributed by atoms with Crippen LogP contribution in [0.4, 0.5) is 0 Å². The highest BCUT2D eigenvalue weighted by atomic mass is 15.0. The minimum absolute atomic E-state index is 0.657. The van der Waals surface area contributed by atoms with Gasteiger partial charge in [-0.25, -0.2) is 0 Å². The van der Waals surface area contributed by atoms with Crippen molar-refractivity contribution in [1.82, 2.24) is 10.6 Å². The van der Waals surface area contributed by atoms with E-state index in [2.05, 4.69) is 24.5 Å². The van der Waals surface area contributed by atoms with Gasteiger partial charge in [-0.05, 0) is 37.4 Å². The highest BCUT2D eigenvalue weighted by molar-refractivity contribution is 5.04. The minimum Gasteiger partial charge on any atom is -0.316 e. The molecule has 1 aliphatic heterocycles. The van der Waals surface area contributed by atoms with E-state index in [1.807, 2.05) is 0 Å². The molecule has 0 spiro atoms. The van der Waals surface area contributed by atoms with Crippen LogP contribution in [-0.4, -0.2) is 25.7 Å². The number of nitrogens with one attached hydrogen (secondary N) is 2. The van der Waals surface area contributed by atoms with E-state index in [-0.39, 0.29) is 0 Å². The van der Waals surface area contributed by atoms with Crippen LogP contribution in [0.25, 0.3) is 0 Å². The predicted molar refractivity (Wildman–Crippen MR) is 46.5 cm³/mol. The van der Waals surface area contributed by atoms with Gasteiger partial charge in [-0.1, -0.05) is 13.8 Å². The van der Waals surface area contributed by atoms with Crippen molar-refractivity contribution in [3.05, 3.63) is 0 Å². The highest BCUT2D eigenvalue weighted by Crippen LogP contribution is 2.47. The van der Waals surface area contributed by atoms with Crippen molar-refractivity contribution >= 4 is 0 Å². The van der Waals surface area contributed by atoms with Gasteiger partial charge in [0.1, 0.15) is 0 Å². The largest absolute Gasteiger partial charge is 0.316 e. The molecule has 2 atom stereocenters. The van der Waals surface area contributed by atoms with E-state index in [9.17, 15) is 0 Å². The van der Waals surface area contributed by atoms with Crippen LogP contribution in [0.2, 0.25) is 0 Å². The van der Waals surface area contributed by atoms with Crippen molar-refractivity contribution in [1.29, 1.82) is 0 Å². The van der Waals surface area contributed by atoms with Crippen LogP contribution in [0.3, 0.4) is 0 Å². The van der Waals surface area contributed by atoms with Gasteiger partial charge in [0.15, 0.2) is 0 Å². The summed E-state index contributed by atoms with van der Waals surface area (Å²) in [7, 11) is 0. The van der Waals surface area contributed by atoms with E-state index in [0.29, 0.717) is 6.04 Å². The van der Waals surface area contributed by atoms with E-state index in [0.717, 1.165) is 17.8 Å². The topological polar surface area (TPSA) is 24.1 Å². The maximum absolute atomic E-state index is 3.51. The third-order valence-electron chi connectivity index (χ3n) is 3.03. The molecule has 11 heavy (non-hydrogen) atoms. The first-order chi connectivity index (χ1) is 5.29. The summed E-state index contributed by atoms with van der Waals surface area (Å²) < 4.78 is 0. The van der Waals surface area contributed by atoms with Crippen LogP contribution in [0.15, 0.2) is 0 Å². The summed E-state index contributed by atoms with van der Waals surface area (Å²) in [5.74, 6) is 3.03. The Labute approximate surface area is 68.7 Å². The lowest BCUT2D eigenvalue weighted by Gasteiger charge is -2.08. The molecule has 64 valence electrons. The Kier molecular flexibility index (Phi) is 1.90. The summed E-state index contributed by atoms with van der Waals surface area (Å²) >= 11 is 0.